The minimum Gasteiger partial charge on any atom is -0.493 e. The van der Waals surface area contributed by atoms with E-state index in [-0.39, 0.29) is 22.7 Å². The zero-order chi connectivity index (χ0) is 13.0. The molecule has 94 valence electrons. The first-order valence-electron chi connectivity index (χ1n) is 4.36. The van der Waals surface area contributed by atoms with Crippen LogP contribution in [-0.2, 0) is 11.3 Å². The molecule has 1 rings (SSSR count). The maximum atomic E-state index is 11.0. The van der Waals surface area contributed by atoms with Gasteiger partial charge in [0.15, 0.2) is 11.5 Å². The Kier molecular flexibility index (Phi) is 4.30. The average molecular weight is 261 g/mol. The lowest BCUT2D eigenvalue weighted by Gasteiger charge is -2.12. The van der Waals surface area contributed by atoms with Crippen LogP contribution in [0.2, 0.25) is 0 Å². The molecular formula is C9H11NO6S. The second-order valence-corrected chi connectivity index (χ2v) is 3.62. The summed E-state index contributed by atoms with van der Waals surface area (Å²) in [6, 6.07) is 2.54. The van der Waals surface area contributed by atoms with Crippen LogP contribution in [0, 0.1) is 0 Å². The minimum atomic E-state index is -2.30. The molecule has 0 saturated heterocycles. The molecule has 1 aromatic rings. The van der Waals surface area contributed by atoms with Crippen LogP contribution in [0.4, 0.5) is 5.69 Å². The molecule has 8 heteroatoms. The summed E-state index contributed by atoms with van der Waals surface area (Å²) in [5, 5.41) is 8.97. The van der Waals surface area contributed by atoms with Crippen molar-refractivity contribution in [2.24, 2.45) is 0 Å². The van der Waals surface area contributed by atoms with Crippen molar-refractivity contribution >= 4 is 22.9 Å². The van der Waals surface area contributed by atoms with Gasteiger partial charge in [-0.3, -0.25) is 9.27 Å². The van der Waals surface area contributed by atoms with Crippen molar-refractivity contribution in [2.75, 3.05) is 18.9 Å². The first kappa shape index (κ1) is 13.3. The maximum absolute atomic E-state index is 11.0. The second-order valence-electron chi connectivity index (χ2n) is 2.92. The summed E-state index contributed by atoms with van der Waals surface area (Å²) in [7, 11) is 2.64. The van der Waals surface area contributed by atoms with Crippen molar-refractivity contribution in [3.63, 3.8) is 0 Å². The maximum Gasteiger partial charge on any atom is 0.339 e. The average Bonchev–Trinajstić information content (AvgIpc) is 2.26. The third kappa shape index (κ3) is 3.08. The van der Waals surface area contributed by atoms with Gasteiger partial charge in [-0.1, -0.05) is 0 Å². The van der Waals surface area contributed by atoms with Gasteiger partial charge < -0.3 is 14.6 Å². The molecule has 0 amide bonds. The lowest BCUT2D eigenvalue weighted by molar-refractivity contribution is 0.0692. The van der Waals surface area contributed by atoms with Crippen LogP contribution in [0.1, 0.15) is 10.4 Å². The lowest BCUT2D eigenvalue weighted by atomic mass is 10.1. The molecule has 7 nitrogen and oxygen atoms in total. The Hall–Kier alpha value is -1.80. The number of carboxylic acids is 1. The summed E-state index contributed by atoms with van der Waals surface area (Å²) < 4.78 is 31.3. The van der Waals surface area contributed by atoms with Crippen LogP contribution in [0.5, 0.6) is 11.5 Å². The van der Waals surface area contributed by atoms with Gasteiger partial charge in [-0.15, -0.1) is 0 Å². The third-order valence-electron chi connectivity index (χ3n) is 1.91. The van der Waals surface area contributed by atoms with Crippen molar-refractivity contribution in [1.29, 1.82) is 0 Å². The van der Waals surface area contributed by atoms with Crippen LogP contribution in [0.25, 0.3) is 0 Å². The van der Waals surface area contributed by atoms with Gasteiger partial charge in [-0.05, 0) is 6.07 Å². The number of carboxylic acid groups (broad SMARTS) is 1. The SMILES string of the molecule is COc1cc(NS(=O)O)cc(C(=O)O)c1OC. The third-order valence-corrected chi connectivity index (χ3v) is 2.32. The van der Waals surface area contributed by atoms with Crippen LogP contribution < -0.4 is 14.2 Å². The molecule has 0 heterocycles. The molecule has 1 atom stereocenters. The van der Waals surface area contributed by atoms with E-state index in [0.717, 1.165) is 0 Å². The molecule has 0 saturated carbocycles. The van der Waals surface area contributed by atoms with E-state index in [2.05, 4.69) is 4.72 Å². The monoisotopic (exact) mass is 261 g/mol. The van der Waals surface area contributed by atoms with Gasteiger partial charge in [0.05, 0.1) is 19.9 Å². The van der Waals surface area contributed by atoms with Gasteiger partial charge in [-0.25, -0.2) is 9.00 Å². The Morgan fingerprint density at radius 1 is 1.35 bits per heavy atom. The van der Waals surface area contributed by atoms with Crippen molar-refractivity contribution in [3.8, 4) is 11.5 Å². The molecule has 0 aliphatic carbocycles. The highest BCUT2D eigenvalue weighted by Crippen LogP contribution is 2.34. The van der Waals surface area contributed by atoms with E-state index in [9.17, 15) is 9.00 Å². The van der Waals surface area contributed by atoms with Crippen LogP contribution in [0.15, 0.2) is 12.1 Å². The standard InChI is InChI=1S/C9H11NO6S/c1-15-7-4-5(10-17(13)14)3-6(9(11)12)8(7)16-2/h3-4,10H,1-2H3,(H,11,12)(H,13,14). The molecule has 0 spiro atoms. The Labute approximate surface area is 99.8 Å². The highest BCUT2D eigenvalue weighted by molar-refractivity contribution is 7.80. The summed E-state index contributed by atoms with van der Waals surface area (Å²) in [6.07, 6.45) is 0. The number of ether oxygens (including phenoxy) is 2. The van der Waals surface area contributed by atoms with Crippen LogP contribution >= 0.6 is 0 Å². The smallest absolute Gasteiger partial charge is 0.339 e. The molecule has 0 aliphatic rings. The molecule has 1 unspecified atom stereocenters. The molecule has 0 fully saturated rings. The normalized spacial score (nSPS) is 11.7. The van der Waals surface area contributed by atoms with Crippen molar-refractivity contribution < 1.29 is 28.1 Å². The molecule has 0 radical (unpaired) electrons. The van der Waals surface area contributed by atoms with E-state index in [1.165, 1.54) is 26.4 Å². The Morgan fingerprint density at radius 2 is 2.00 bits per heavy atom. The zero-order valence-corrected chi connectivity index (χ0v) is 9.91. The van der Waals surface area contributed by atoms with Gasteiger partial charge in [0, 0.05) is 6.07 Å². The predicted octanol–water partition coefficient (Wildman–Crippen LogP) is 0.951. The molecule has 0 aromatic heterocycles. The van der Waals surface area contributed by atoms with Gasteiger partial charge in [0.25, 0.3) is 11.3 Å². The first-order valence-corrected chi connectivity index (χ1v) is 5.47. The highest BCUT2D eigenvalue weighted by Gasteiger charge is 2.18. The minimum absolute atomic E-state index is 0.0503. The van der Waals surface area contributed by atoms with Crippen LogP contribution in [0.3, 0.4) is 0 Å². The van der Waals surface area contributed by atoms with E-state index < -0.39 is 17.2 Å². The van der Waals surface area contributed by atoms with Crippen LogP contribution in [-0.4, -0.2) is 34.1 Å². The number of carbonyl (C=O) groups is 1. The van der Waals surface area contributed by atoms with Gasteiger partial charge in [0.2, 0.25) is 0 Å². The topological polar surface area (TPSA) is 105 Å². The zero-order valence-electron chi connectivity index (χ0n) is 9.09. The molecule has 3 N–H and O–H groups in total. The van der Waals surface area contributed by atoms with Crippen molar-refractivity contribution in [1.82, 2.24) is 0 Å². The Bertz CT molecular complexity index is 461. The fourth-order valence-corrected chi connectivity index (χ4v) is 1.60. The highest BCUT2D eigenvalue weighted by atomic mass is 32.2. The molecular weight excluding hydrogens is 250 g/mol. The molecule has 0 bridgehead atoms. The summed E-state index contributed by atoms with van der Waals surface area (Å²) in [4.78, 5) is 11.0. The number of rotatable bonds is 5. The van der Waals surface area contributed by atoms with E-state index >= 15 is 0 Å². The number of nitrogens with one attached hydrogen (secondary N) is 1. The first-order chi connectivity index (χ1) is 7.99. The summed E-state index contributed by atoms with van der Waals surface area (Å²) in [5.41, 5.74) is -0.0271. The fourth-order valence-electron chi connectivity index (χ4n) is 1.28. The number of aromatic carboxylic acids is 1. The van der Waals surface area contributed by atoms with Crippen molar-refractivity contribution in [2.45, 2.75) is 0 Å². The van der Waals surface area contributed by atoms with Gasteiger partial charge in [-0.2, -0.15) is 0 Å². The molecule has 1 aromatic carbocycles. The Morgan fingerprint density at radius 3 is 2.41 bits per heavy atom. The second kappa shape index (κ2) is 5.51. The predicted molar refractivity (Wildman–Crippen MR) is 60.9 cm³/mol. The Balaban J connectivity index is 3.34. The molecule has 17 heavy (non-hydrogen) atoms. The molecule has 0 aliphatic heterocycles. The van der Waals surface area contributed by atoms with E-state index in [4.69, 9.17) is 19.1 Å². The van der Waals surface area contributed by atoms with Crippen molar-refractivity contribution in [3.05, 3.63) is 17.7 Å². The van der Waals surface area contributed by atoms with Gasteiger partial charge in [0.1, 0.15) is 5.56 Å². The number of hydrogen-bond acceptors (Lipinski definition) is 4. The lowest BCUT2D eigenvalue weighted by Crippen LogP contribution is -2.07. The number of hydrogen-bond donors (Lipinski definition) is 3. The number of anilines is 1. The number of methoxy groups -OCH3 is 2. The quantitative estimate of drug-likeness (QED) is 0.681. The summed E-state index contributed by atoms with van der Waals surface area (Å²) in [6.45, 7) is 0. The van der Waals surface area contributed by atoms with Gasteiger partial charge >= 0.3 is 5.97 Å². The summed E-state index contributed by atoms with van der Waals surface area (Å²) in [5.74, 6) is -1.03. The van der Waals surface area contributed by atoms with E-state index in [1.807, 2.05) is 0 Å². The fraction of sp³-hybridized carbons (Fsp3) is 0.222. The number of benzene rings is 1. The van der Waals surface area contributed by atoms with E-state index in [1.54, 1.807) is 0 Å². The summed E-state index contributed by atoms with van der Waals surface area (Å²) >= 11 is -2.30. The van der Waals surface area contributed by atoms with E-state index in [0.29, 0.717) is 0 Å². The largest absolute Gasteiger partial charge is 0.493 e.